The summed E-state index contributed by atoms with van der Waals surface area (Å²) in [6, 6.07) is 8.24. The van der Waals surface area contributed by atoms with Crippen LogP contribution in [0.25, 0.3) is 0 Å². The molecule has 2 N–H and O–H groups in total. The summed E-state index contributed by atoms with van der Waals surface area (Å²) >= 11 is 0. The van der Waals surface area contributed by atoms with Gasteiger partial charge < -0.3 is 10.5 Å². The van der Waals surface area contributed by atoms with Gasteiger partial charge in [-0.3, -0.25) is 0 Å². The first-order chi connectivity index (χ1) is 8.19. The largest absolute Gasteiger partial charge is 0.489 e. The van der Waals surface area contributed by atoms with Gasteiger partial charge in [0.1, 0.15) is 11.8 Å². The van der Waals surface area contributed by atoms with Crippen molar-refractivity contribution in [1.82, 2.24) is 0 Å². The Balaban J connectivity index is 2.06. The lowest BCUT2D eigenvalue weighted by molar-refractivity contribution is 0.147. The van der Waals surface area contributed by atoms with Gasteiger partial charge in [0, 0.05) is 6.04 Å². The summed E-state index contributed by atoms with van der Waals surface area (Å²) in [5.74, 6) is 0.707. The molecule has 1 saturated carbocycles. The van der Waals surface area contributed by atoms with E-state index in [9.17, 15) is 0 Å². The third kappa shape index (κ3) is 2.98. The van der Waals surface area contributed by atoms with Gasteiger partial charge in [-0.15, -0.1) is 0 Å². The maximum Gasteiger partial charge on any atom is 0.137 e. The van der Waals surface area contributed by atoms with Gasteiger partial charge in [-0.2, -0.15) is 5.26 Å². The number of rotatable bonds is 2. The number of aryl methyl sites for hydroxylation is 1. The van der Waals surface area contributed by atoms with E-state index in [1.165, 1.54) is 0 Å². The van der Waals surface area contributed by atoms with Crippen LogP contribution in [0.1, 0.15) is 36.8 Å². The lowest BCUT2D eigenvalue weighted by Crippen LogP contribution is -2.31. The van der Waals surface area contributed by atoms with Gasteiger partial charge in [-0.25, -0.2) is 0 Å². The van der Waals surface area contributed by atoms with E-state index >= 15 is 0 Å². The Hall–Kier alpha value is -1.53. The predicted molar refractivity (Wildman–Crippen MR) is 66.8 cm³/mol. The van der Waals surface area contributed by atoms with Crippen LogP contribution in [0.5, 0.6) is 5.75 Å². The van der Waals surface area contributed by atoms with E-state index < -0.39 is 0 Å². The molecule has 1 aliphatic carbocycles. The van der Waals surface area contributed by atoms with E-state index in [0.29, 0.717) is 17.4 Å². The summed E-state index contributed by atoms with van der Waals surface area (Å²) in [6.07, 6.45) is 4.21. The first-order valence-corrected chi connectivity index (χ1v) is 6.12. The Bertz CT molecular complexity index is 428. The van der Waals surface area contributed by atoms with E-state index in [0.717, 1.165) is 31.2 Å². The van der Waals surface area contributed by atoms with E-state index in [1.807, 2.05) is 25.1 Å². The minimum Gasteiger partial charge on any atom is -0.489 e. The predicted octanol–water partition coefficient (Wildman–Crippen LogP) is 2.52. The molecule has 90 valence electrons. The van der Waals surface area contributed by atoms with Crippen LogP contribution in [0.2, 0.25) is 0 Å². The summed E-state index contributed by atoms with van der Waals surface area (Å²) in [5, 5.41) is 9.06. The summed E-state index contributed by atoms with van der Waals surface area (Å²) in [7, 11) is 0. The van der Waals surface area contributed by atoms with Crippen LogP contribution < -0.4 is 10.5 Å². The number of hydrogen-bond acceptors (Lipinski definition) is 3. The Labute approximate surface area is 102 Å². The highest BCUT2D eigenvalue weighted by Crippen LogP contribution is 2.26. The van der Waals surface area contributed by atoms with Crippen LogP contribution in [-0.2, 0) is 0 Å². The zero-order valence-electron chi connectivity index (χ0n) is 10.1. The molecule has 3 nitrogen and oxygen atoms in total. The van der Waals surface area contributed by atoms with Crippen molar-refractivity contribution in [3.8, 4) is 11.8 Å². The monoisotopic (exact) mass is 230 g/mol. The maximum atomic E-state index is 9.06. The molecule has 1 aliphatic rings. The minimum atomic E-state index is 0.213. The standard InChI is InChI=1S/C14H18N2O/c1-10-2-7-14(11(8-10)9-15)17-13-5-3-12(16)4-6-13/h2,7-8,12-13H,3-6,16H2,1H3. The summed E-state index contributed by atoms with van der Waals surface area (Å²) in [5.41, 5.74) is 7.57. The van der Waals surface area contributed by atoms with Crippen LogP contribution in [0.4, 0.5) is 0 Å². The molecule has 3 heteroatoms. The van der Waals surface area contributed by atoms with Crippen LogP contribution in [-0.4, -0.2) is 12.1 Å². The van der Waals surface area contributed by atoms with Crippen molar-refractivity contribution in [1.29, 1.82) is 5.26 Å². The van der Waals surface area contributed by atoms with Crippen molar-refractivity contribution in [2.45, 2.75) is 44.8 Å². The summed E-state index contributed by atoms with van der Waals surface area (Å²) in [6.45, 7) is 1.98. The molecule has 0 atom stereocenters. The zero-order chi connectivity index (χ0) is 12.3. The number of nitrogens with zero attached hydrogens (tertiary/aromatic N) is 1. The Morgan fingerprint density at radius 3 is 2.65 bits per heavy atom. The third-order valence-electron chi connectivity index (χ3n) is 3.27. The fourth-order valence-corrected chi connectivity index (χ4v) is 2.22. The average molecular weight is 230 g/mol. The molecule has 0 heterocycles. The van der Waals surface area contributed by atoms with Gasteiger partial charge in [0.25, 0.3) is 0 Å². The van der Waals surface area contributed by atoms with E-state index in [-0.39, 0.29) is 6.10 Å². The molecule has 1 aromatic carbocycles. The van der Waals surface area contributed by atoms with Crippen molar-refractivity contribution in [3.05, 3.63) is 29.3 Å². The van der Waals surface area contributed by atoms with Crippen molar-refractivity contribution in [3.63, 3.8) is 0 Å². The van der Waals surface area contributed by atoms with Crippen LogP contribution >= 0.6 is 0 Å². The molecular formula is C14H18N2O. The first-order valence-electron chi connectivity index (χ1n) is 6.12. The van der Waals surface area contributed by atoms with E-state index in [4.69, 9.17) is 15.7 Å². The zero-order valence-corrected chi connectivity index (χ0v) is 10.1. The second kappa shape index (κ2) is 5.20. The lowest BCUT2D eigenvalue weighted by Gasteiger charge is -2.27. The molecule has 2 rings (SSSR count). The smallest absolute Gasteiger partial charge is 0.137 e. The molecule has 0 spiro atoms. The second-order valence-electron chi connectivity index (χ2n) is 4.77. The fourth-order valence-electron chi connectivity index (χ4n) is 2.22. The molecule has 17 heavy (non-hydrogen) atoms. The van der Waals surface area contributed by atoms with Gasteiger partial charge in [0.15, 0.2) is 0 Å². The highest BCUT2D eigenvalue weighted by molar-refractivity contribution is 5.45. The van der Waals surface area contributed by atoms with Crippen molar-refractivity contribution in [2.75, 3.05) is 0 Å². The summed E-state index contributed by atoms with van der Waals surface area (Å²) in [4.78, 5) is 0. The molecule has 0 amide bonds. The number of nitriles is 1. The summed E-state index contributed by atoms with van der Waals surface area (Å²) < 4.78 is 5.90. The SMILES string of the molecule is Cc1ccc(OC2CCC(N)CC2)c(C#N)c1. The Kier molecular flexibility index (Phi) is 3.65. The number of nitrogens with two attached hydrogens (primary N) is 1. The Morgan fingerprint density at radius 2 is 2.00 bits per heavy atom. The van der Waals surface area contributed by atoms with Gasteiger partial charge in [0.2, 0.25) is 0 Å². The molecule has 1 aromatic rings. The quantitative estimate of drug-likeness (QED) is 0.849. The maximum absolute atomic E-state index is 9.06. The second-order valence-corrected chi connectivity index (χ2v) is 4.77. The van der Waals surface area contributed by atoms with Crippen molar-refractivity contribution in [2.24, 2.45) is 5.73 Å². The topological polar surface area (TPSA) is 59.0 Å². The van der Waals surface area contributed by atoms with Gasteiger partial charge >= 0.3 is 0 Å². The number of hydrogen-bond donors (Lipinski definition) is 1. The third-order valence-corrected chi connectivity index (χ3v) is 3.27. The van der Waals surface area contributed by atoms with Crippen LogP contribution in [0.15, 0.2) is 18.2 Å². The Morgan fingerprint density at radius 1 is 1.29 bits per heavy atom. The highest BCUT2D eigenvalue weighted by atomic mass is 16.5. The molecule has 0 unspecified atom stereocenters. The molecular weight excluding hydrogens is 212 g/mol. The average Bonchev–Trinajstić information content (AvgIpc) is 2.34. The van der Waals surface area contributed by atoms with Gasteiger partial charge in [-0.05, 0) is 50.3 Å². The van der Waals surface area contributed by atoms with Crippen molar-refractivity contribution < 1.29 is 4.74 Å². The molecule has 0 bridgehead atoms. The molecule has 0 aliphatic heterocycles. The minimum absolute atomic E-state index is 0.213. The van der Waals surface area contributed by atoms with E-state index in [2.05, 4.69) is 6.07 Å². The molecule has 0 saturated heterocycles. The first kappa shape index (κ1) is 11.9. The number of ether oxygens (including phenoxy) is 1. The fraction of sp³-hybridized carbons (Fsp3) is 0.500. The molecule has 1 fully saturated rings. The molecule has 0 radical (unpaired) electrons. The molecule has 0 aromatic heterocycles. The van der Waals surface area contributed by atoms with Gasteiger partial charge in [-0.1, -0.05) is 6.07 Å². The van der Waals surface area contributed by atoms with Crippen LogP contribution in [0, 0.1) is 18.3 Å². The number of benzene rings is 1. The normalized spacial score (nSPS) is 24.1. The van der Waals surface area contributed by atoms with Crippen molar-refractivity contribution >= 4 is 0 Å². The van der Waals surface area contributed by atoms with E-state index in [1.54, 1.807) is 0 Å². The van der Waals surface area contributed by atoms with Gasteiger partial charge in [0.05, 0.1) is 11.7 Å². The van der Waals surface area contributed by atoms with Crippen LogP contribution in [0.3, 0.4) is 0 Å². The highest BCUT2D eigenvalue weighted by Gasteiger charge is 2.20. The lowest BCUT2D eigenvalue weighted by atomic mass is 9.93.